The van der Waals surface area contributed by atoms with Gasteiger partial charge in [-0.05, 0) is 31.9 Å². The quantitative estimate of drug-likeness (QED) is 0.811. The molecule has 20 heavy (non-hydrogen) atoms. The largest absolute Gasteiger partial charge is 0.328 e. The first kappa shape index (κ1) is 14.7. The van der Waals surface area contributed by atoms with Crippen molar-refractivity contribution < 1.29 is 9.59 Å². The fourth-order valence-electron chi connectivity index (χ4n) is 2.40. The van der Waals surface area contributed by atoms with E-state index in [-0.39, 0.29) is 17.7 Å². The lowest BCUT2D eigenvalue weighted by atomic mass is 10.1. The van der Waals surface area contributed by atoms with E-state index in [2.05, 4.69) is 10.2 Å². The van der Waals surface area contributed by atoms with Gasteiger partial charge in [-0.1, -0.05) is 12.1 Å². The molecule has 2 rings (SSSR count). The number of carbonyl (C=O) groups excluding carboxylic acids is 2. The summed E-state index contributed by atoms with van der Waals surface area (Å²) in [5, 5.41) is 2.82. The molecule has 0 aromatic heterocycles. The second kappa shape index (κ2) is 6.63. The van der Waals surface area contributed by atoms with Crippen LogP contribution in [0, 0.1) is 0 Å². The molecule has 0 aliphatic carbocycles. The highest BCUT2D eigenvalue weighted by Crippen LogP contribution is 2.16. The zero-order chi connectivity index (χ0) is 14.5. The molecule has 0 saturated carbocycles. The summed E-state index contributed by atoms with van der Waals surface area (Å²) in [7, 11) is 0. The van der Waals surface area contributed by atoms with Crippen molar-refractivity contribution >= 4 is 17.4 Å². The molecule has 108 valence electrons. The fourth-order valence-corrected chi connectivity index (χ4v) is 2.40. The molecule has 1 fully saturated rings. The average Bonchev–Trinajstić information content (AvgIpc) is 2.41. The number of hydrogen-bond donors (Lipinski definition) is 2. The van der Waals surface area contributed by atoms with Crippen LogP contribution in [0.3, 0.4) is 0 Å². The Labute approximate surface area is 119 Å². The fraction of sp³-hybridized carbons (Fsp3) is 0.467. The van der Waals surface area contributed by atoms with E-state index in [1.807, 2.05) is 6.07 Å². The van der Waals surface area contributed by atoms with E-state index in [0.29, 0.717) is 17.8 Å². The molecule has 0 unspecified atom stereocenters. The Morgan fingerprint density at radius 3 is 2.60 bits per heavy atom. The number of Topliss-reactive ketones (excluding diaryl/α,β-unsaturated/α-hetero) is 1. The van der Waals surface area contributed by atoms with Crippen LogP contribution >= 0.6 is 0 Å². The van der Waals surface area contributed by atoms with Gasteiger partial charge in [-0.3, -0.25) is 14.5 Å². The molecule has 0 bridgehead atoms. The molecule has 5 heteroatoms. The minimum atomic E-state index is -0.0887. The average molecular weight is 275 g/mol. The summed E-state index contributed by atoms with van der Waals surface area (Å²) in [6.07, 6.45) is 1.86. The molecule has 1 aromatic carbocycles. The number of rotatable bonds is 4. The highest BCUT2D eigenvalue weighted by atomic mass is 16.2. The van der Waals surface area contributed by atoms with E-state index in [1.165, 1.54) is 6.92 Å². The topological polar surface area (TPSA) is 75.4 Å². The molecular weight excluding hydrogens is 254 g/mol. The van der Waals surface area contributed by atoms with E-state index in [0.717, 1.165) is 25.9 Å². The van der Waals surface area contributed by atoms with Gasteiger partial charge in [0.15, 0.2) is 5.78 Å². The Balaban J connectivity index is 1.93. The van der Waals surface area contributed by atoms with Gasteiger partial charge in [0, 0.05) is 24.7 Å². The third-order valence-corrected chi connectivity index (χ3v) is 3.58. The Bertz CT molecular complexity index is 494. The van der Waals surface area contributed by atoms with Crippen LogP contribution in [0.5, 0.6) is 0 Å². The molecule has 5 nitrogen and oxygen atoms in total. The van der Waals surface area contributed by atoms with Gasteiger partial charge in [-0.25, -0.2) is 0 Å². The maximum absolute atomic E-state index is 12.0. The maximum atomic E-state index is 12.0. The number of likely N-dealkylation sites (tertiary alicyclic amines) is 1. The molecule has 1 aliphatic rings. The molecule has 1 aromatic rings. The summed E-state index contributed by atoms with van der Waals surface area (Å²) in [4.78, 5) is 25.6. The summed E-state index contributed by atoms with van der Waals surface area (Å²) in [5.41, 5.74) is 6.96. The summed E-state index contributed by atoms with van der Waals surface area (Å²) in [5.74, 6) is -0.140. The van der Waals surface area contributed by atoms with E-state index in [1.54, 1.807) is 18.2 Å². The van der Waals surface area contributed by atoms with Crippen LogP contribution in [0.2, 0.25) is 0 Å². The smallest absolute Gasteiger partial charge is 0.238 e. The number of nitrogens with two attached hydrogens (primary N) is 1. The molecule has 0 spiro atoms. The van der Waals surface area contributed by atoms with Gasteiger partial charge in [0.1, 0.15) is 0 Å². The first-order valence-corrected chi connectivity index (χ1v) is 6.94. The Kier molecular flexibility index (Phi) is 4.87. The van der Waals surface area contributed by atoms with Crippen molar-refractivity contribution in [1.82, 2.24) is 4.90 Å². The van der Waals surface area contributed by atoms with Crippen LogP contribution < -0.4 is 11.1 Å². The van der Waals surface area contributed by atoms with Gasteiger partial charge in [-0.15, -0.1) is 0 Å². The van der Waals surface area contributed by atoms with Crippen molar-refractivity contribution in [2.45, 2.75) is 25.8 Å². The van der Waals surface area contributed by atoms with Crippen molar-refractivity contribution in [1.29, 1.82) is 0 Å². The highest BCUT2D eigenvalue weighted by Gasteiger charge is 2.18. The van der Waals surface area contributed by atoms with E-state index in [9.17, 15) is 9.59 Å². The standard InChI is InChI=1S/C15H21N3O2/c1-11(19)13-4-2-3-5-14(13)17-15(20)10-18-8-6-12(16)7-9-18/h2-5,12H,6-10,16H2,1H3,(H,17,20). The second-order valence-electron chi connectivity index (χ2n) is 5.26. The number of ketones is 1. The normalized spacial score (nSPS) is 16.9. The van der Waals surface area contributed by atoms with Crippen molar-refractivity contribution in [3.63, 3.8) is 0 Å². The van der Waals surface area contributed by atoms with Gasteiger partial charge in [0.05, 0.1) is 12.2 Å². The molecular formula is C15H21N3O2. The number of anilines is 1. The molecule has 0 radical (unpaired) electrons. The lowest BCUT2D eigenvalue weighted by Gasteiger charge is -2.29. The maximum Gasteiger partial charge on any atom is 0.238 e. The van der Waals surface area contributed by atoms with Gasteiger partial charge >= 0.3 is 0 Å². The van der Waals surface area contributed by atoms with Gasteiger partial charge in [-0.2, -0.15) is 0 Å². The SMILES string of the molecule is CC(=O)c1ccccc1NC(=O)CN1CCC(N)CC1. The molecule has 1 amide bonds. The molecule has 0 atom stereocenters. The number of hydrogen-bond acceptors (Lipinski definition) is 4. The molecule has 3 N–H and O–H groups in total. The summed E-state index contributed by atoms with van der Waals surface area (Å²) in [6.45, 7) is 3.54. The number of carbonyl (C=O) groups is 2. The second-order valence-corrected chi connectivity index (χ2v) is 5.26. The summed E-state index contributed by atoms with van der Waals surface area (Å²) < 4.78 is 0. The van der Waals surface area contributed by atoms with Gasteiger partial charge in [0.25, 0.3) is 0 Å². The molecule has 1 heterocycles. The zero-order valence-electron chi connectivity index (χ0n) is 11.8. The summed E-state index contributed by atoms with van der Waals surface area (Å²) in [6, 6.07) is 7.33. The van der Waals surface area contributed by atoms with Crippen molar-refractivity contribution in [2.24, 2.45) is 5.73 Å². The number of amides is 1. The minimum absolute atomic E-state index is 0.0511. The predicted octanol–water partition coefficient (Wildman–Crippen LogP) is 1.25. The van der Waals surface area contributed by atoms with Crippen LogP contribution in [0.1, 0.15) is 30.1 Å². The monoisotopic (exact) mass is 275 g/mol. The predicted molar refractivity (Wildman–Crippen MR) is 78.7 cm³/mol. The van der Waals surface area contributed by atoms with Crippen LogP contribution in [-0.4, -0.2) is 42.3 Å². The lowest BCUT2D eigenvalue weighted by molar-refractivity contribution is -0.117. The van der Waals surface area contributed by atoms with Crippen LogP contribution in [0.25, 0.3) is 0 Å². The minimum Gasteiger partial charge on any atom is -0.328 e. The Hall–Kier alpha value is -1.72. The lowest BCUT2D eigenvalue weighted by Crippen LogP contribution is -2.43. The first-order chi connectivity index (χ1) is 9.56. The number of piperidine rings is 1. The number of nitrogens with one attached hydrogen (secondary N) is 1. The number of nitrogens with zero attached hydrogens (tertiary/aromatic N) is 1. The Morgan fingerprint density at radius 1 is 1.30 bits per heavy atom. The zero-order valence-corrected chi connectivity index (χ0v) is 11.8. The third kappa shape index (κ3) is 3.88. The first-order valence-electron chi connectivity index (χ1n) is 6.94. The Morgan fingerprint density at radius 2 is 1.95 bits per heavy atom. The van der Waals surface area contributed by atoms with Crippen LogP contribution in [-0.2, 0) is 4.79 Å². The highest BCUT2D eigenvalue weighted by molar-refractivity contribution is 6.04. The molecule has 1 saturated heterocycles. The number of benzene rings is 1. The van der Waals surface area contributed by atoms with Crippen molar-refractivity contribution in [2.75, 3.05) is 25.0 Å². The van der Waals surface area contributed by atoms with E-state index < -0.39 is 0 Å². The van der Waals surface area contributed by atoms with Crippen LogP contribution in [0.15, 0.2) is 24.3 Å². The van der Waals surface area contributed by atoms with Crippen LogP contribution in [0.4, 0.5) is 5.69 Å². The molecule has 1 aliphatic heterocycles. The summed E-state index contributed by atoms with van der Waals surface area (Å²) >= 11 is 0. The van der Waals surface area contributed by atoms with Gasteiger partial charge < -0.3 is 11.1 Å². The van der Waals surface area contributed by atoms with Crippen molar-refractivity contribution in [3.05, 3.63) is 29.8 Å². The van der Waals surface area contributed by atoms with E-state index in [4.69, 9.17) is 5.73 Å². The van der Waals surface area contributed by atoms with Crippen molar-refractivity contribution in [3.8, 4) is 0 Å². The third-order valence-electron chi connectivity index (χ3n) is 3.58. The van der Waals surface area contributed by atoms with Gasteiger partial charge in [0.2, 0.25) is 5.91 Å². The number of para-hydroxylation sites is 1. The van der Waals surface area contributed by atoms with E-state index >= 15 is 0 Å².